The van der Waals surface area contributed by atoms with Crippen LogP contribution in [0.5, 0.6) is 0 Å². The van der Waals surface area contributed by atoms with Gasteiger partial charge in [-0.25, -0.2) is 10.2 Å². The van der Waals surface area contributed by atoms with E-state index in [1.807, 2.05) is 6.92 Å². The summed E-state index contributed by atoms with van der Waals surface area (Å²) in [7, 11) is 0. The summed E-state index contributed by atoms with van der Waals surface area (Å²) >= 11 is 0. The van der Waals surface area contributed by atoms with Gasteiger partial charge in [-0.3, -0.25) is 0 Å². The topological polar surface area (TPSA) is 67.5 Å². The van der Waals surface area contributed by atoms with Crippen LogP contribution in [-0.2, 0) is 0 Å². The molecule has 2 rings (SSSR count). The van der Waals surface area contributed by atoms with Crippen molar-refractivity contribution in [2.75, 3.05) is 0 Å². The lowest BCUT2D eigenvalue weighted by Gasteiger charge is -2.57. The van der Waals surface area contributed by atoms with Crippen molar-refractivity contribution in [2.24, 2.45) is 33.5 Å². The number of urea groups is 1. The van der Waals surface area contributed by atoms with Crippen LogP contribution in [0.3, 0.4) is 0 Å². The fourth-order valence-electron chi connectivity index (χ4n) is 5.90. The van der Waals surface area contributed by atoms with Gasteiger partial charge in [0.2, 0.25) is 0 Å². The van der Waals surface area contributed by atoms with Crippen LogP contribution in [-0.4, -0.2) is 11.7 Å². The maximum atomic E-state index is 10.7. The first kappa shape index (κ1) is 22.7. The number of nitrogens with zero attached hydrogens (tertiary/aromatic N) is 1. The normalized spacial score (nSPS) is 30.4. The number of allylic oxidation sites excluding steroid dienone is 4. The Balaban J connectivity index is 1.95. The highest BCUT2D eigenvalue weighted by Crippen LogP contribution is 2.60. The summed E-state index contributed by atoms with van der Waals surface area (Å²) in [5.41, 5.74) is 12.2. The average molecular weight is 388 g/mol. The molecule has 158 valence electrons. The van der Waals surface area contributed by atoms with E-state index < -0.39 is 6.03 Å². The van der Waals surface area contributed by atoms with Crippen molar-refractivity contribution in [1.82, 2.24) is 5.43 Å². The SMILES string of the molecule is CC1=CC[C@@H]2C(C)(C)CCC[C@]2(C)[C@@H]1CC/C(C)=C\CC/C(C)=N\NC(N)=O. The molecule has 0 aromatic heterocycles. The third-order valence-electron chi connectivity index (χ3n) is 7.48. The summed E-state index contributed by atoms with van der Waals surface area (Å²) in [6, 6.07) is -0.611. The summed E-state index contributed by atoms with van der Waals surface area (Å²) in [6.45, 7) is 14.1. The number of primary amides is 1. The first-order valence-corrected chi connectivity index (χ1v) is 11.0. The van der Waals surface area contributed by atoms with Crippen LogP contribution in [0.2, 0.25) is 0 Å². The molecule has 28 heavy (non-hydrogen) atoms. The lowest BCUT2D eigenvalue weighted by Crippen LogP contribution is -2.48. The van der Waals surface area contributed by atoms with E-state index in [0.29, 0.717) is 16.7 Å². The van der Waals surface area contributed by atoms with Gasteiger partial charge in [0.25, 0.3) is 0 Å². The van der Waals surface area contributed by atoms with Gasteiger partial charge in [0.05, 0.1) is 0 Å². The molecule has 0 unspecified atom stereocenters. The molecular weight excluding hydrogens is 346 g/mol. The van der Waals surface area contributed by atoms with Gasteiger partial charge in [0.15, 0.2) is 0 Å². The minimum atomic E-state index is -0.611. The van der Waals surface area contributed by atoms with E-state index in [-0.39, 0.29) is 0 Å². The van der Waals surface area contributed by atoms with Crippen LogP contribution in [0.1, 0.15) is 92.9 Å². The Morgan fingerprint density at radius 3 is 2.68 bits per heavy atom. The van der Waals surface area contributed by atoms with Crippen molar-refractivity contribution in [1.29, 1.82) is 0 Å². The quantitative estimate of drug-likeness (QED) is 0.299. The van der Waals surface area contributed by atoms with Crippen molar-refractivity contribution in [2.45, 2.75) is 92.9 Å². The van der Waals surface area contributed by atoms with Crippen LogP contribution in [0, 0.1) is 22.7 Å². The molecule has 3 atom stereocenters. The summed E-state index contributed by atoms with van der Waals surface area (Å²) in [5.74, 6) is 1.51. The van der Waals surface area contributed by atoms with Crippen LogP contribution in [0.4, 0.5) is 4.79 Å². The molecule has 1 saturated carbocycles. The molecule has 4 heteroatoms. The van der Waals surface area contributed by atoms with Gasteiger partial charge >= 0.3 is 6.03 Å². The Morgan fingerprint density at radius 1 is 1.29 bits per heavy atom. The highest BCUT2D eigenvalue weighted by atomic mass is 16.2. The van der Waals surface area contributed by atoms with E-state index in [2.05, 4.69) is 57.3 Å². The van der Waals surface area contributed by atoms with Crippen molar-refractivity contribution in [3.8, 4) is 0 Å². The number of carbonyl (C=O) groups is 1. The van der Waals surface area contributed by atoms with Crippen molar-refractivity contribution in [3.63, 3.8) is 0 Å². The van der Waals surface area contributed by atoms with Crippen molar-refractivity contribution < 1.29 is 4.79 Å². The maximum Gasteiger partial charge on any atom is 0.332 e. The van der Waals surface area contributed by atoms with Gasteiger partial charge in [-0.1, -0.05) is 50.5 Å². The lowest BCUT2D eigenvalue weighted by molar-refractivity contribution is -0.0390. The molecule has 4 nitrogen and oxygen atoms in total. The summed E-state index contributed by atoms with van der Waals surface area (Å²) in [4.78, 5) is 10.7. The Kier molecular flexibility index (Phi) is 7.52. The van der Waals surface area contributed by atoms with E-state index in [0.717, 1.165) is 30.9 Å². The molecule has 2 amide bonds. The number of hydrogen-bond acceptors (Lipinski definition) is 2. The van der Waals surface area contributed by atoms with Crippen LogP contribution in [0.15, 0.2) is 28.4 Å². The third kappa shape index (κ3) is 5.48. The summed E-state index contributed by atoms with van der Waals surface area (Å²) in [5, 5.41) is 3.97. The largest absolute Gasteiger partial charge is 0.350 e. The standard InChI is InChI=1S/C24H41N3O/c1-17(9-7-10-19(3)26-27-22(25)28)11-13-20-18(2)12-14-21-23(4,5)15-8-16-24(20,21)6/h9,12,20-21H,7-8,10-11,13-16H2,1-6H3,(H3,25,27,28)/b17-9-,26-19-/t20-,21-,24-/m1/s1. The fraction of sp³-hybridized carbons (Fsp3) is 0.750. The molecule has 2 aliphatic carbocycles. The number of carbonyl (C=O) groups excluding carboxylic acids is 1. The molecule has 0 aromatic rings. The number of hydrazone groups is 1. The fourth-order valence-corrected chi connectivity index (χ4v) is 5.90. The zero-order chi connectivity index (χ0) is 20.9. The van der Waals surface area contributed by atoms with Crippen LogP contribution >= 0.6 is 0 Å². The van der Waals surface area contributed by atoms with E-state index >= 15 is 0 Å². The number of nitrogens with two attached hydrogens (primary N) is 1. The van der Waals surface area contributed by atoms with Crippen molar-refractivity contribution in [3.05, 3.63) is 23.3 Å². The molecule has 1 fully saturated rings. The highest BCUT2D eigenvalue weighted by Gasteiger charge is 2.51. The molecule has 0 bridgehead atoms. The van der Waals surface area contributed by atoms with Gasteiger partial charge in [-0.05, 0) is 88.4 Å². The molecule has 0 aromatic carbocycles. The minimum Gasteiger partial charge on any atom is -0.350 e. The van der Waals surface area contributed by atoms with Crippen LogP contribution < -0.4 is 11.2 Å². The monoisotopic (exact) mass is 387 g/mol. The number of hydrogen-bond donors (Lipinski definition) is 2. The summed E-state index contributed by atoms with van der Waals surface area (Å²) in [6.07, 6.45) is 14.5. The molecule has 0 heterocycles. The van der Waals surface area contributed by atoms with Crippen LogP contribution in [0.25, 0.3) is 0 Å². The number of fused-ring (bicyclic) bond motifs is 1. The molecule has 0 radical (unpaired) electrons. The Labute approximate surface area is 172 Å². The van der Waals surface area contributed by atoms with Gasteiger partial charge in [0, 0.05) is 5.71 Å². The second-order valence-electron chi connectivity index (χ2n) is 10.1. The zero-order valence-corrected chi connectivity index (χ0v) is 18.9. The maximum absolute atomic E-state index is 10.7. The molecule has 0 spiro atoms. The Hall–Kier alpha value is -1.58. The van der Waals surface area contributed by atoms with E-state index in [9.17, 15) is 4.79 Å². The van der Waals surface area contributed by atoms with Crippen molar-refractivity contribution >= 4 is 11.7 Å². The predicted octanol–water partition coefficient (Wildman–Crippen LogP) is 6.34. The first-order valence-electron chi connectivity index (χ1n) is 11.0. The molecule has 0 saturated heterocycles. The lowest BCUT2D eigenvalue weighted by atomic mass is 9.48. The van der Waals surface area contributed by atoms with E-state index in [1.165, 1.54) is 37.7 Å². The zero-order valence-electron chi connectivity index (χ0n) is 18.9. The van der Waals surface area contributed by atoms with Gasteiger partial charge in [0.1, 0.15) is 0 Å². The van der Waals surface area contributed by atoms with E-state index in [4.69, 9.17) is 5.73 Å². The molecular formula is C24H41N3O. The molecule has 2 aliphatic rings. The first-order chi connectivity index (χ1) is 13.1. The smallest absolute Gasteiger partial charge is 0.332 e. The minimum absolute atomic E-state index is 0.449. The van der Waals surface area contributed by atoms with E-state index in [1.54, 1.807) is 5.57 Å². The van der Waals surface area contributed by atoms with Gasteiger partial charge in [-0.15, -0.1) is 0 Å². The second-order valence-corrected chi connectivity index (χ2v) is 10.1. The van der Waals surface area contributed by atoms with Gasteiger partial charge < -0.3 is 5.73 Å². The second kappa shape index (κ2) is 9.28. The predicted molar refractivity (Wildman–Crippen MR) is 119 cm³/mol. The number of nitrogens with one attached hydrogen (secondary N) is 1. The number of rotatable bonds is 7. The average Bonchev–Trinajstić information content (AvgIpc) is 2.58. The molecule has 0 aliphatic heterocycles. The third-order valence-corrected chi connectivity index (χ3v) is 7.48. The number of amides is 2. The Morgan fingerprint density at radius 2 is 2.00 bits per heavy atom. The van der Waals surface area contributed by atoms with Gasteiger partial charge in [-0.2, -0.15) is 5.10 Å². The Bertz CT molecular complexity index is 659. The molecule has 3 N–H and O–H groups in total. The highest BCUT2D eigenvalue weighted by molar-refractivity contribution is 5.83. The summed E-state index contributed by atoms with van der Waals surface area (Å²) < 4.78 is 0.